The molecule has 0 radical (unpaired) electrons. The lowest BCUT2D eigenvalue weighted by Crippen LogP contribution is -2.18. The number of nitrogens with zero attached hydrogens (tertiary/aromatic N) is 1. The fourth-order valence-corrected chi connectivity index (χ4v) is 3.16. The Morgan fingerprint density at radius 1 is 1.03 bits per heavy atom. The standard InChI is InChI=1S/C22H18F3N3O2/c23-22(24,25)20-13-18(16-8-1-2-9-17(16)28-20)26-14-6-5-7-15(12-14)27-21(29)19-10-3-4-11-30-19/h1-2,5-10,12-13H,3-4,11H2,(H,26,28)(H,27,29). The molecule has 30 heavy (non-hydrogen) atoms. The number of benzene rings is 2. The van der Waals surface area contributed by atoms with Crippen molar-refractivity contribution in [1.82, 2.24) is 4.98 Å². The van der Waals surface area contributed by atoms with Crippen molar-refractivity contribution in [3.8, 4) is 0 Å². The smallest absolute Gasteiger partial charge is 0.433 e. The summed E-state index contributed by atoms with van der Waals surface area (Å²) in [7, 11) is 0. The first-order chi connectivity index (χ1) is 14.4. The molecule has 2 N–H and O–H groups in total. The topological polar surface area (TPSA) is 63.2 Å². The lowest BCUT2D eigenvalue weighted by atomic mass is 10.1. The highest BCUT2D eigenvalue weighted by Crippen LogP contribution is 2.34. The summed E-state index contributed by atoms with van der Waals surface area (Å²) in [6.45, 7) is 0.498. The molecular formula is C22H18F3N3O2. The van der Waals surface area contributed by atoms with E-state index in [0.717, 1.165) is 18.9 Å². The number of ether oxygens (including phenoxy) is 1. The van der Waals surface area contributed by atoms with Crippen LogP contribution in [0.4, 0.5) is 30.2 Å². The second-order valence-electron chi connectivity index (χ2n) is 6.79. The Hall–Kier alpha value is -3.55. The van der Waals surface area contributed by atoms with Crippen LogP contribution >= 0.6 is 0 Å². The number of amides is 1. The van der Waals surface area contributed by atoms with Crippen LogP contribution in [0.3, 0.4) is 0 Å². The molecule has 3 aromatic rings. The molecule has 0 bridgehead atoms. The minimum absolute atomic E-state index is 0.237. The molecule has 0 aliphatic carbocycles. The van der Waals surface area contributed by atoms with Crippen molar-refractivity contribution >= 4 is 33.9 Å². The van der Waals surface area contributed by atoms with E-state index in [1.807, 2.05) is 0 Å². The minimum Gasteiger partial charge on any atom is -0.488 e. The zero-order valence-corrected chi connectivity index (χ0v) is 15.8. The lowest BCUT2D eigenvalue weighted by Gasteiger charge is -2.16. The molecule has 0 fully saturated rings. The van der Waals surface area contributed by atoms with E-state index in [4.69, 9.17) is 4.74 Å². The molecule has 154 valence electrons. The summed E-state index contributed by atoms with van der Waals surface area (Å²) in [5, 5.41) is 6.32. The molecule has 2 aromatic carbocycles. The van der Waals surface area contributed by atoms with Crippen molar-refractivity contribution in [1.29, 1.82) is 0 Å². The van der Waals surface area contributed by atoms with Crippen molar-refractivity contribution in [3.63, 3.8) is 0 Å². The van der Waals surface area contributed by atoms with Crippen LogP contribution in [0.15, 0.2) is 66.4 Å². The van der Waals surface area contributed by atoms with Gasteiger partial charge in [-0.05, 0) is 49.2 Å². The van der Waals surface area contributed by atoms with Crippen LogP contribution in [0.5, 0.6) is 0 Å². The average molecular weight is 413 g/mol. The van der Waals surface area contributed by atoms with E-state index in [-0.39, 0.29) is 22.9 Å². The van der Waals surface area contributed by atoms with Gasteiger partial charge in [0, 0.05) is 16.8 Å². The number of alkyl halides is 3. The highest BCUT2D eigenvalue weighted by Gasteiger charge is 2.33. The number of allylic oxidation sites excluding steroid dienone is 1. The third-order valence-corrected chi connectivity index (χ3v) is 4.57. The fourth-order valence-electron chi connectivity index (χ4n) is 3.16. The van der Waals surface area contributed by atoms with Crippen molar-refractivity contribution < 1.29 is 22.7 Å². The van der Waals surface area contributed by atoms with Crippen LogP contribution in [0.2, 0.25) is 0 Å². The van der Waals surface area contributed by atoms with Gasteiger partial charge >= 0.3 is 6.18 Å². The largest absolute Gasteiger partial charge is 0.488 e. The van der Waals surface area contributed by atoms with E-state index in [0.29, 0.717) is 23.4 Å². The molecule has 0 saturated carbocycles. The van der Waals surface area contributed by atoms with Crippen LogP contribution in [0.1, 0.15) is 18.5 Å². The SMILES string of the molecule is O=C(Nc1cccc(Nc2cc(C(F)(F)F)nc3ccccc23)c1)C1=CCCCO1. The van der Waals surface area contributed by atoms with E-state index >= 15 is 0 Å². The van der Waals surface area contributed by atoms with Gasteiger partial charge in [-0.3, -0.25) is 4.79 Å². The van der Waals surface area contributed by atoms with Crippen LogP contribution in [-0.2, 0) is 15.7 Å². The summed E-state index contributed by atoms with van der Waals surface area (Å²) >= 11 is 0. The number of pyridine rings is 1. The van der Waals surface area contributed by atoms with Crippen molar-refractivity contribution in [2.45, 2.75) is 19.0 Å². The fraction of sp³-hybridized carbons (Fsp3) is 0.182. The Morgan fingerprint density at radius 2 is 1.83 bits per heavy atom. The third kappa shape index (κ3) is 4.37. The van der Waals surface area contributed by atoms with Gasteiger partial charge in [0.05, 0.1) is 17.8 Å². The summed E-state index contributed by atoms with van der Waals surface area (Å²) in [6, 6.07) is 14.3. The number of carbonyl (C=O) groups is 1. The van der Waals surface area contributed by atoms with E-state index < -0.39 is 11.9 Å². The van der Waals surface area contributed by atoms with Gasteiger partial charge in [-0.2, -0.15) is 13.2 Å². The summed E-state index contributed by atoms with van der Waals surface area (Å²) in [5.74, 6) is -0.0878. The first-order valence-corrected chi connectivity index (χ1v) is 9.38. The predicted octanol–water partition coefficient (Wildman–Crippen LogP) is 5.63. The van der Waals surface area contributed by atoms with Gasteiger partial charge in [0.2, 0.25) is 0 Å². The number of nitrogens with one attached hydrogen (secondary N) is 2. The molecule has 0 spiro atoms. The molecule has 1 aromatic heterocycles. The molecule has 1 aliphatic heterocycles. The number of aromatic nitrogens is 1. The lowest BCUT2D eigenvalue weighted by molar-refractivity contribution is -0.140. The van der Waals surface area contributed by atoms with E-state index in [1.165, 1.54) is 6.07 Å². The van der Waals surface area contributed by atoms with Gasteiger partial charge in [-0.25, -0.2) is 4.98 Å². The molecule has 5 nitrogen and oxygen atoms in total. The van der Waals surface area contributed by atoms with Crippen LogP contribution in [0, 0.1) is 0 Å². The number of para-hydroxylation sites is 1. The summed E-state index contributed by atoms with van der Waals surface area (Å²) in [4.78, 5) is 16.0. The van der Waals surface area contributed by atoms with Crippen LogP contribution < -0.4 is 10.6 Å². The molecule has 0 atom stereocenters. The zero-order chi connectivity index (χ0) is 21.1. The summed E-state index contributed by atoms with van der Waals surface area (Å²) < 4.78 is 45.1. The minimum atomic E-state index is -4.57. The monoisotopic (exact) mass is 413 g/mol. The maximum absolute atomic E-state index is 13.3. The normalized spacial score (nSPS) is 14.0. The number of anilines is 3. The maximum Gasteiger partial charge on any atom is 0.433 e. The molecular weight excluding hydrogens is 395 g/mol. The number of hydrogen-bond acceptors (Lipinski definition) is 4. The van der Waals surface area contributed by atoms with Crippen molar-refractivity contribution in [2.24, 2.45) is 0 Å². The van der Waals surface area contributed by atoms with Gasteiger partial charge in [-0.15, -0.1) is 0 Å². The number of carbonyl (C=O) groups excluding carboxylic acids is 1. The Morgan fingerprint density at radius 3 is 2.60 bits per heavy atom. The van der Waals surface area contributed by atoms with Gasteiger partial charge in [0.15, 0.2) is 5.76 Å². The van der Waals surface area contributed by atoms with Gasteiger partial charge < -0.3 is 15.4 Å². The Bertz CT molecular complexity index is 1130. The number of halogens is 3. The Labute approximate surface area is 170 Å². The Kier molecular flexibility index (Phi) is 5.31. The van der Waals surface area contributed by atoms with Gasteiger partial charge in [0.25, 0.3) is 5.91 Å². The van der Waals surface area contributed by atoms with E-state index in [2.05, 4.69) is 15.6 Å². The first kappa shape index (κ1) is 19.8. The molecule has 1 amide bonds. The zero-order valence-electron chi connectivity index (χ0n) is 15.8. The molecule has 0 unspecified atom stereocenters. The Balaban J connectivity index is 1.62. The molecule has 2 heterocycles. The number of fused-ring (bicyclic) bond motifs is 1. The van der Waals surface area contributed by atoms with Crippen molar-refractivity contribution in [2.75, 3.05) is 17.2 Å². The van der Waals surface area contributed by atoms with Gasteiger partial charge in [0.1, 0.15) is 5.69 Å². The predicted molar refractivity (Wildman–Crippen MR) is 108 cm³/mol. The molecule has 4 rings (SSSR count). The van der Waals surface area contributed by atoms with Crippen LogP contribution in [-0.4, -0.2) is 17.5 Å². The van der Waals surface area contributed by atoms with Gasteiger partial charge in [-0.1, -0.05) is 24.3 Å². The first-order valence-electron chi connectivity index (χ1n) is 9.38. The molecule has 1 aliphatic rings. The van der Waals surface area contributed by atoms with E-state index in [9.17, 15) is 18.0 Å². The average Bonchev–Trinajstić information content (AvgIpc) is 2.74. The summed E-state index contributed by atoms with van der Waals surface area (Å²) in [5.41, 5.74) is 0.551. The highest BCUT2D eigenvalue weighted by molar-refractivity contribution is 6.02. The van der Waals surface area contributed by atoms with E-state index in [1.54, 1.807) is 48.5 Å². The summed E-state index contributed by atoms with van der Waals surface area (Å²) in [6.07, 6.45) is -1.18. The highest BCUT2D eigenvalue weighted by atomic mass is 19.4. The third-order valence-electron chi connectivity index (χ3n) is 4.57. The second kappa shape index (κ2) is 8.06. The van der Waals surface area contributed by atoms with Crippen molar-refractivity contribution in [3.05, 3.63) is 72.1 Å². The quantitative estimate of drug-likeness (QED) is 0.582. The number of hydrogen-bond donors (Lipinski definition) is 2. The second-order valence-corrected chi connectivity index (χ2v) is 6.79. The molecule has 0 saturated heterocycles. The molecule has 8 heteroatoms. The van der Waals surface area contributed by atoms with Crippen LogP contribution in [0.25, 0.3) is 10.9 Å². The maximum atomic E-state index is 13.3. The number of rotatable bonds is 4.